The van der Waals surface area contributed by atoms with E-state index in [1.54, 1.807) is 23.3 Å². The zero-order chi connectivity index (χ0) is 23.3. The lowest BCUT2D eigenvalue weighted by Gasteiger charge is -2.31. The van der Waals surface area contributed by atoms with E-state index in [1.807, 2.05) is 71.6 Å². The molecule has 0 N–H and O–H groups in total. The molecule has 0 saturated heterocycles. The van der Waals surface area contributed by atoms with Crippen LogP contribution in [0.15, 0.2) is 85.3 Å². The third-order valence-electron chi connectivity index (χ3n) is 5.67. The largest absolute Gasteiger partial charge is 0.486 e. The Morgan fingerprint density at radius 3 is 2.62 bits per heavy atom. The highest BCUT2D eigenvalue weighted by Gasteiger charge is 2.28. The summed E-state index contributed by atoms with van der Waals surface area (Å²) in [6, 6.07) is 21.1. The minimum atomic E-state index is -0.253. The topological polar surface area (TPSA) is 69.5 Å². The van der Waals surface area contributed by atoms with Gasteiger partial charge in [-0.3, -0.25) is 9.78 Å². The molecule has 0 fully saturated rings. The van der Waals surface area contributed by atoms with Crippen LogP contribution in [0.4, 0.5) is 0 Å². The molecule has 0 aliphatic carbocycles. The Kier molecular flexibility index (Phi) is 6.25. The SMILES string of the molecule is CCCN(C[C@@H]1COc2ccccc2O1)C(=O)c1cn(-c2ccccc2)nc1-c1cccnc1. The third-order valence-corrected chi connectivity index (χ3v) is 5.67. The van der Waals surface area contributed by atoms with Gasteiger partial charge in [0.25, 0.3) is 5.91 Å². The van der Waals surface area contributed by atoms with Crippen molar-refractivity contribution in [2.24, 2.45) is 0 Å². The molecule has 1 aliphatic rings. The van der Waals surface area contributed by atoms with Gasteiger partial charge in [0, 0.05) is 30.7 Å². The molecule has 172 valence electrons. The second-order valence-corrected chi connectivity index (χ2v) is 8.16. The summed E-state index contributed by atoms with van der Waals surface area (Å²) in [5.74, 6) is 1.34. The molecule has 0 radical (unpaired) electrons. The maximum absolute atomic E-state index is 13.8. The van der Waals surface area contributed by atoms with Crippen molar-refractivity contribution in [3.63, 3.8) is 0 Å². The lowest BCUT2D eigenvalue weighted by Crippen LogP contribution is -2.44. The van der Waals surface area contributed by atoms with Gasteiger partial charge in [-0.25, -0.2) is 4.68 Å². The second kappa shape index (κ2) is 9.79. The van der Waals surface area contributed by atoms with Crippen molar-refractivity contribution >= 4 is 5.91 Å². The highest BCUT2D eigenvalue weighted by Crippen LogP contribution is 2.31. The Labute approximate surface area is 198 Å². The molecule has 7 nitrogen and oxygen atoms in total. The average molecular weight is 455 g/mol. The van der Waals surface area contributed by atoms with E-state index >= 15 is 0 Å². The van der Waals surface area contributed by atoms with Gasteiger partial charge >= 0.3 is 0 Å². The van der Waals surface area contributed by atoms with E-state index in [1.165, 1.54) is 0 Å². The molecule has 0 unspecified atom stereocenters. The van der Waals surface area contributed by atoms with Crippen LogP contribution in [0, 0.1) is 0 Å². The molecule has 4 aromatic rings. The van der Waals surface area contributed by atoms with Gasteiger partial charge in [-0.1, -0.05) is 37.3 Å². The van der Waals surface area contributed by atoms with Crippen LogP contribution in [0.25, 0.3) is 16.9 Å². The molecule has 34 heavy (non-hydrogen) atoms. The van der Waals surface area contributed by atoms with Crippen LogP contribution in [-0.4, -0.2) is 51.4 Å². The fourth-order valence-corrected chi connectivity index (χ4v) is 4.07. The number of fused-ring (bicyclic) bond motifs is 1. The van der Waals surface area contributed by atoms with E-state index in [4.69, 9.17) is 14.6 Å². The summed E-state index contributed by atoms with van der Waals surface area (Å²) in [5.41, 5.74) is 2.81. The van der Waals surface area contributed by atoms with Gasteiger partial charge in [0.15, 0.2) is 17.6 Å². The van der Waals surface area contributed by atoms with Crippen LogP contribution in [0.3, 0.4) is 0 Å². The van der Waals surface area contributed by atoms with E-state index < -0.39 is 0 Å². The number of rotatable bonds is 7. The molecule has 1 atom stereocenters. The summed E-state index contributed by atoms with van der Waals surface area (Å²) in [6.45, 7) is 3.47. The molecule has 0 saturated carbocycles. The molecule has 1 aliphatic heterocycles. The fraction of sp³-hybridized carbons (Fsp3) is 0.222. The number of benzene rings is 2. The summed E-state index contributed by atoms with van der Waals surface area (Å²) in [7, 11) is 0. The van der Waals surface area contributed by atoms with E-state index in [2.05, 4.69) is 11.9 Å². The molecule has 2 aromatic heterocycles. The first kappa shape index (κ1) is 21.7. The number of ether oxygens (including phenoxy) is 2. The molecular weight excluding hydrogens is 428 g/mol. The van der Waals surface area contributed by atoms with Crippen molar-refractivity contribution in [1.29, 1.82) is 0 Å². The summed E-state index contributed by atoms with van der Waals surface area (Å²) in [6.07, 6.45) is 5.81. The van der Waals surface area contributed by atoms with Crippen molar-refractivity contribution in [2.75, 3.05) is 19.7 Å². The van der Waals surface area contributed by atoms with Crippen molar-refractivity contribution in [3.8, 4) is 28.4 Å². The summed E-state index contributed by atoms with van der Waals surface area (Å²) >= 11 is 0. The Bertz CT molecular complexity index is 1260. The molecular formula is C27H26N4O3. The second-order valence-electron chi connectivity index (χ2n) is 8.16. The van der Waals surface area contributed by atoms with Crippen LogP contribution >= 0.6 is 0 Å². The maximum Gasteiger partial charge on any atom is 0.257 e. The Morgan fingerprint density at radius 2 is 1.85 bits per heavy atom. The minimum absolute atomic E-state index is 0.0923. The number of carbonyl (C=O) groups excluding carboxylic acids is 1. The van der Waals surface area contributed by atoms with Crippen molar-refractivity contribution in [1.82, 2.24) is 19.7 Å². The molecule has 2 aromatic carbocycles. The van der Waals surface area contributed by atoms with Gasteiger partial charge in [-0.2, -0.15) is 5.10 Å². The third kappa shape index (κ3) is 4.50. The normalized spacial score (nSPS) is 14.6. The van der Waals surface area contributed by atoms with Crippen molar-refractivity contribution in [2.45, 2.75) is 19.4 Å². The van der Waals surface area contributed by atoms with Crippen LogP contribution in [0.2, 0.25) is 0 Å². The van der Waals surface area contributed by atoms with E-state index in [0.717, 1.165) is 23.4 Å². The lowest BCUT2D eigenvalue weighted by atomic mass is 10.1. The summed E-state index contributed by atoms with van der Waals surface area (Å²) < 4.78 is 13.7. The zero-order valence-corrected chi connectivity index (χ0v) is 19.0. The average Bonchev–Trinajstić information content (AvgIpc) is 3.35. The zero-order valence-electron chi connectivity index (χ0n) is 19.0. The summed E-state index contributed by atoms with van der Waals surface area (Å²) in [5, 5.41) is 4.76. The first-order valence-corrected chi connectivity index (χ1v) is 11.5. The van der Waals surface area contributed by atoms with Crippen molar-refractivity contribution in [3.05, 3.63) is 90.9 Å². The fourth-order valence-electron chi connectivity index (χ4n) is 4.07. The first-order valence-electron chi connectivity index (χ1n) is 11.5. The van der Waals surface area contributed by atoms with Gasteiger partial charge in [0.1, 0.15) is 12.3 Å². The predicted molar refractivity (Wildman–Crippen MR) is 129 cm³/mol. The quantitative estimate of drug-likeness (QED) is 0.407. The molecule has 1 amide bonds. The van der Waals surface area contributed by atoms with Gasteiger partial charge in [0.05, 0.1) is 17.8 Å². The van der Waals surface area contributed by atoms with Crippen LogP contribution in [0.1, 0.15) is 23.7 Å². The molecule has 5 rings (SSSR count). The van der Waals surface area contributed by atoms with Crippen LogP contribution in [-0.2, 0) is 0 Å². The standard InChI is InChI=1S/C27H26N4O3/c1-2-15-30(17-22-19-33-24-12-6-7-13-25(24)34-22)27(32)23-18-31(21-10-4-3-5-11-21)29-26(23)20-9-8-14-28-16-20/h3-14,16,18,22H,2,15,17,19H2,1H3/t22-/m1/s1. The van der Waals surface area contributed by atoms with Gasteiger partial charge < -0.3 is 14.4 Å². The number of hydrogen-bond acceptors (Lipinski definition) is 5. The molecule has 7 heteroatoms. The first-order chi connectivity index (χ1) is 16.7. The number of hydrogen-bond donors (Lipinski definition) is 0. The molecule has 3 heterocycles. The number of aromatic nitrogens is 3. The van der Waals surface area contributed by atoms with Gasteiger partial charge in [-0.15, -0.1) is 0 Å². The van der Waals surface area contributed by atoms with Crippen LogP contribution in [0.5, 0.6) is 11.5 Å². The number of nitrogens with zero attached hydrogens (tertiary/aromatic N) is 4. The van der Waals surface area contributed by atoms with E-state index in [-0.39, 0.29) is 12.0 Å². The highest BCUT2D eigenvalue weighted by atomic mass is 16.6. The number of pyridine rings is 1. The maximum atomic E-state index is 13.8. The van der Waals surface area contributed by atoms with E-state index in [9.17, 15) is 4.79 Å². The summed E-state index contributed by atoms with van der Waals surface area (Å²) in [4.78, 5) is 19.9. The van der Waals surface area contributed by atoms with E-state index in [0.29, 0.717) is 36.7 Å². The number of carbonyl (C=O) groups is 1. The highest BCUT2D eigenvalue weighted by molar-refractivity contribution is 6.00. The Hall–Kier alpha value is -4.13. The molecule has 0 bridgehead atoms. The molecule has 0 spiro atoms. The minimum Gasteiger partial charge on any atom is -0.486 e. The Morgan fingerprint density at radius 1 is 1.06 bits per heavy atom. The number of amides is 1. The number of para-hydroxylation sites is 3. The van der Waals surface area contributed by atoms with Gasteiger partial charge in [0.2, 0.25) is 0 Å². The van der Waals surface area contributed by atoms with Crippen LogP contribution < -0.4 is 9.47 Å². The predicted octanol–water partition coefficient (Wildman–Crippen LogP) is 4.63. The van der Waals surface area contributed by atoms with Crippen molar-refractivity contribution < 1.29 is 14.3 Å². The lowest BCUT2D eigenvalue weighted by molar-refractivity contribution is 0.0463. The Balaban J connectivity index is 1.46. The monoisotopic (exact) mass is 454 g/mol. The smallest absolute Gasteiger partial charge is 0.257 e. The van der Waals surface area contributed by atoms with Gasteiger partial charge in [-0.05, 0) is 42.8 Å².